The molecule has 0 unspecified atom stereocenters. The van der Waals surface area contributed by atoms with Gasteiger partial charge in [-0.25, -0.2) is 4.98 Å². The van der Waals surface area contributed by atoms with Crippen molar-refractivity contribution < 1.29 is 4.79 Å². The van der Waals surface area contributed by atoms with Gasteiger partial charge >= 0.3 is 0 Å². The van der Waals surface area contributed by atoms with E-state index in [-0.39, 0.29) is 5.91 Å². The van der Waals surface area contributed by atoms with Crippen LogP contribution in [0.25, 0.3) is 0 Å². The first-order chi connectivity index (χ1) is 10.8. The van der Waals surface area contributed by atoms with Gasteiger partial charge in [-0.05, 0) is 25.7 Å². The fraction of sp³-hybridized carbons (Fsp3) is 0.750. The van der Waals surface area contributed by atoms with Gasteiger partial charge in [-0.3, -0.25) is 4.79 Å². The fourth-order valence-electron chi connectivity index (χ4n) is 3.41. The van der Waals surface area contributed by atoms with E-state index in [4.69, 9.17) is 0 Å². The zero-order valence-corrected chi connectivity index (χ0v) is 13.9. The largest absolute Gasteiger partial charge is 0.353 e. The summed E-state index contributed by atoms with van der Waals surface area (Å²) in [5.41, 5.74) is 0. The third-order valence-corrected chi connectivity index (χ3v) is 5.52. The topological polar surface area (TPSA) is 57.3 Å². The van der Waals surface area contributed by atoms with E-state index in [0.29, 0.717) is 18.5 Å². The van der Waals surface area contributed by atoms with Crippen molar-refractivity contribution in [3.63, 3.8) is 0 Å². The molecule has 1 aliphatic heterocycles. The smallest absolute Gasteiger partial charge is 0.221 e. The molecule has 0 spiro atoms. The summed E-state index contributed by atoms with van der Waals surface area (Å²) in [7, 11) is 0. The first-order valence-corrected chi connectivity index (χ1v) is 9.36. The Bertz CT molecular complexity index is 451. The minimum Gasteiger partial charge on any atom is -0.353 e. The van der Waals surface area contributed by atoms with Crippen molar-refractivity contribution >= 4 is 22.4 Å². The minimum atomic E-state index is 0.208. The third kappa shape index (κ3) is 4.43. The van der Waals surface area contributed by atoms with Gasteiger partial charge in [-0.2, -0.15) is 0 Å². The maximum atomic E-state index is 11.9. The van der Waals surface area contributed by atoms with Gasteiger partial charge in [0.05, 0.1) is 0 Å². The van der Waals surface area contributed by atoms with Crippen LogP contribution in [0.1, 0.15) is 44.9 Å². The quantitative estimate of drug-likeness (QED) is 0.842. The number of thiazole rings is 1. The van der Waals surface area contributed by atoms with Gasteiger partial charge < -0.3 is 15.5 Å². The van der Waals surface area contributed by atoms with E-state index in [1.807, 2.05) is 11.6 Å². The number of carbonyl (C=O) groups excluding carboxylic acids is 1. The summed E-state index contributed by atoms with van der Waals surface area (Å²) in [5.74, 6) is 0.208. The Morgan fingerprint density at radius 3 is 2.68 bits per heavy atom. The Labute approximate surface area is 136 Å². The molecule has 0 aromatic carbocycles. The van der Waals surface area contributed by atoms with Crippen LogP contribution < -0.4 is 15.5 Å². The lowest BCUT2D eigenvalue weighted by molar-refractivity contribution is -0.121. The van der Waals surface area contributed by atoms with Gasteiger partial charge in [0, 0.05) is 49.7 Å². The molecule has 1 saturated heterocycles. The van der Waals surface area contributed by atoms with Gasteiger partial charge in [0.25, 0.3) is 0 Å². The van der Waals surface area contributed by atoms with E-state index in [1.165, 1.54) is 12.8 Å². The number of carbonyl (C=O) groups is 1. The van der Waals surface area contributed by atoms with Crippen LogP contribution in [0.2, 0.25) is 0 Å². The summed E-state index contributed by atoms with van der Waals surface area (Å²) >= 11 is 1.71. The van der Waals surface area contributed by atoms with Gasteiger partial charge in [0.1, 0.15) is 0 Å². The Morgan fingerprint density at radius 1 is 1.23 bits per heavy atom. The van der Waals surface area contributed by atoms with E-state index >= 15 is 0 Å². The van der Waals surface area contributed by atoms with Crippen LogP contribution in [0.4, 0.5) is 5.13 Å². The molecular weight excluding hydrogens is 296 g/mol. The average Bonchev–Trinajstić information content (AvgIpc) is 3.21. The van der Waals surface area contributed by atoms with Crippen LogP contribution in [0.15, 0.2) is 11.6 Å². The average molecular weight is 322 g/mol. The number of hydrogen-bond donors (Lipinski definition) is 2. The molecule has 6 heteroatoms. The number of nitrogens with one attached hydrogen (secondary N) is 2. The zero-order chi connectivity index (χ0) is 15.2. The molecule has 0 bridgehead atoms. The molecule has 5 nitrogen and oxygen atoms in total. The lowest BCUT2D eigenvalue weighted by Gasteiger charge is -2.32. The molecule has 2 fully saturated rings. The number of piperidine rings is 1. The summed E-state index contributed by atoms with van der Waals surface area (Å²) in [6, 6.07) is 0.976. The van der Waals surface area contributed by atoms with Crippen molar-refractivity contribution in [2.24, 2.45) is 0 Å². The number of amides is 1. The summed E-state index contributed by atoms with van der Waals surface area (Å²) in [4.78, 5) is 18.6. The van der Waals surface area contributed by atoms with Crippen LogP contribution >= 0.6 is 11.3 Å². The molecule has 1 saturated carbocycles. The monoisotopic (exact) mass is 322 g/mol. The molecular formula is C16H26N4OS. The molecule has 22 heavy (non-hydrogen) atoms. The van der Waals surface area contributed by atoms with Gasteiger partial charge in [0.2, 0.25) is 5.91 Å². The number of aromatic nitrogens is 1. The highest BCUT2D eigenvalue weighted by Crippen LogP contribution is 2.22. The summed E-state index contributed by atoms with van der Waals surface area (Å²) in [6.07, 6.45) is 9.58. The van der Waals surface area contributed by atoms with Gasteiger partial charge in [-0.1, -0.05) is 12.8 Å². The SMILES string of the molecule is O=C(CCNC1CCN(c2nccs2)CC1)NC1CCCC1. The highest BCUT2D eigenvalue weighted by Gasteiger charge is 2.21. The highest BCUT2D eigenvalue weighted by molar-refractivity contribution is 7.13. The van der Waals surface area contributed by atoms with Crippen molar-refractivity contribution in [2.75, 3.05) is 24.5 Å². The standard InChI is InChI=1S/C16H26N4OS/c21-15(19-14-3-1-2-4-14)5-8-17-13-6-10-20(11-7-13)16-18-9-12-22-16/h9,12-14,17H,1-8,10-11H2,(H,19,21). The zero-order valence-electron chi connectivity index (χ0n) is 13.1. The Hall–Kier alpha value is -1.14. The fourth-order valence-corrected chi connectivity index (χ4v) is 4.10. The van der Waals surface area contributed by atoms with E-state index in [9.17, 15) is 4.79 Å². The van der Waals surface area contributed by atoms with Crippen molar-refractivity contribution in [1.82, 2.24) is 15.6 Å². The molecule has 1 amide bonds. The van der Waals surface area contributed by atoms with Crippen LogP contribution in [0, 0.1) is 0 Å². The predicted octanol–water partition coefficient (Wildman–Crippen LogP) is 2.15. The number of hydrogen-bond acceptors (Lipinski definition) is 5. The van der Waals surface area contributed by atoms with Crippen molar-refractivity contribution in [2.45, 2.75) is 57.0 Å². The number of anilines is 1. The predicted molar refractivity (Wildman–Crippen MR) is 90.4 cm³/mol. The maximum absolute atomic E-state index is 11.9. The number of nitrogens with zero attached hydrogens (tertiary/aromatic N) is 2. The summed E-state index contributed by atoms with van der Waals surface area (Å²) in [6.45, 7) is 2.90. The first kappa shape index (κ1) is 15.7. The lowest BCUT2D eigenvalue weighted by Crippen LogP contribution is -2.43. The van der Waals surface area contributed by atoms with E-state index in [2.05, 4.69) is 20.5 Å². The summed E-state index contributed by atoms with van der Waals surface area (Å²) in [5, 5.41) is 9.85. The second-order valence-electron chi connectivity index (χ2n) is 6.33. The lowest BCUT2D eigenvalue weighted by atomic mass is 10.1. The molecule has 2 N–H and O–H groups in total. The Balaban J connectivity index is 1.29. The molecule has 122 valence electrons. The van der Waals surface area contributed by atoms with Crippen molar-refractivity contribution in [3.8, 4) is 0 Å². The molecule has 1 aromatic rings. The Kier molecular flexibility index (Phi) is 5.67. The Morgan fingerprint density at radius 2 is 2.00 bits per heavy atom. The van der Waals surface area contributed by atoms with E-state index in [0.717, 1.165) is 50.4 Å². The van der Waals surface area contributed by atoms with Crippen molar-refractivity contribution in [1.29, 1.82) is 0 Å². The third-order valence-electron chi connectivity index (χ3n) is 4.69. The normalized spacial score (nSPS) is 20.5. The van der Waals surface area contributed by atoms with E-state index in [1.54, 1.807) is 11.3 Å². The van der Waals surface area contributed by atoms with E-state index < -0.39 is 0 Å². The van der Waals surface area contributed by atoms with Crippen LogP contribution in [-0.2, 0) is 4.79 Å². The molecule has 0 atom stereocenters. The van der Waals surface area contributed by atoms with Gasteiger partial charge in [0.15, 0.2) is 5.13 Å². The molecule has 3 rings (SSSR count). The maximum Gasteiger partial charge on any atom is 0.221 e. The summed E-state index contributed by atoms with van der Waals surface area (Å²) < 4.78 is 0. The second kappa shape index (κ2) is 7.92. The number of rotatable bonds is 6. The highest BCUT2D eigenvalue weighted by atomic mass is 32.1. The minimum absolute atomic E-state index is 0.208. The second-order valence-corrected chi connectivity index (χ2v) is 7.20. The first-order valence-electron chi connectivity index (χ1n) is 8.48. The van der Waals surface area contributed by atoms with Crippen LogP contribution in [-0.4, -0.2) is 42.6 Å². The van der Waals surface area contributed by atoms with Gasteiger partial charge in [-0.15, -0.1) is 11.3 Å². The van der Waals surface area contributed by atoms with Crippen LogP contribution in [0.5, 0.6) is 0 Å². The molecule has 0 radical (unpaired) electrons. The molecule has 1 aromatic heterocycles. The van der Waals surface area contributed by atoms with Crippen LogP contribution in [0.3, 0.4) is 0 Å². The molecule has 2 aliphatic rings. The molecule has 1 aliphatic carbocycles. The van der Waals surface area contributed by atoms with Crippen molar-refractivity contribution in [3.05, 3.63) is 11.6 Å². The molecule has 2 heterocycles.